The average molecular weight is 417 g/mol. The van der Waals surface area contributed by atoms with E-state index in [2.05, 4.69) is 33.1 Å². The molecule has 2 N–H and O–H groups in total. The molecule has 158 valence electrons. The zero-order valence-corrected chi connectivity index (χ0v) is 18.7. The number of aromatic amines is 1. The van der Waals surface area contributed by atoms with Gasteiger partial charge in [0.1, 0.15) is 0 Å². The van der Waals surface area contributed by atoms with E-state index < -0.39 is 0 Å². The van der Waals surface area contributed by atoms with E-state index in [1.165, 1.54) is 0 Å². The first kappa shape index (κ1) is 21.7. The summed E-state index contributed by atoms with van der Waals surface area (Å²) in [5, 5.41) is 5.09. The van der Waals surface area contributed by atoms with E-state index in [0.717, 1.165) is 60.1 Å². The highest BCUT2D eigenvalue weighted by atomic mass is 32.1. The highest BCUT2D eigenvalue weighted by Crippen LogP contribution is 2.19. The van der Waals surface area contributed by atoms with Crippen LogP contribution in [0.25, 0.3) is 10.9 Å². The molecule has 7 heteroatoms. The number of ether oxygens (including phenoxy) is 1. The molecule has 1 unspecified atom stereocenters. The second kappa shape index (κ2) is 9.69. The predicted octanol–water partition coefficient (Wildman–Crippen LogP) is 2.56. The smallest absolute Gasteiger partial charge is 0.253 e. The van der Waals surface area contributed by atoms with Crippen LogP contribution in [0.2, 0.25) is 0 Å². The topological polar surface area (TPSA) is 60.6 Å². The molecule has 1 aliphatic rings. The molecular formula is C22H32N4O2S. The summed E-state index contributed by atoms with van der Waals surface area (Å²) in [6.45, 7) is 7.73. The fourth-order valence-electron chi connectivity index (χ4n) is 3.73. The third-order valence-electron chi connectivity index (χ3n) is 5.36. The molecule has 1 aromatic carbocycles. The van der Waals surface area contributed by atoms with E-state index in [4.69, 9.17) is 17.0 Å². The van der Waals surface area contributed by atoms with E-state index in [1.807, 2.05) is 33.2 Å². The maximum absolute atomic E-state index is 12.7. The number of nitrogens with zero attached hydrogens (tertiary/aromatic N) is 2. The number of aryl methyl sites for hydroxylation is 2. The lowest BCUT2D eigenvalue weighted by atomic mass is 10.0. The Bertz CT molecular complexity index is 919. The van der Waals surface area contributed by atoms with E-state index in [-0.39, 0.29) is 11.7 Å². The molecule has 0 bridgehead atoms. The molecule has 0 spiro atoms. The molecule has 1 saturated heterocycles. The lowest BCUT2D eigenvalue weighted by Crippen LogP contribution is -2.45. The summed E-state index contributed by atoms with van der Waals surface area (Å²) < 4.78 is 5.69. The third-order valence-corrected chi connectivity index (χ3v) is 5.76. The van der Waals surface area contributed by atoms with Gasteiger partial charge in [-0.15, -0.1) is 0 Å². The standard InChI is InChI=1S/C22H32N4O2S/c1-15-10-16(2)19-12-17(21(27)24-20(19)11-15)14-26(8-7-25(3)4)22(29)23-13-18-6-5-9-28-18/h10-12,18H,5-9,13-14H2,1-4H3,(H,23,29)(H,24,27). The normalized spacial score (nSPS) is 16.5. The number of pyridine rings is 1. The van der Waals surface area contributed by atoms with Gasteiger partial charge in [-0.2, -0.15) is 0 Å². The molecule has 0 radical (unpaired) electrons. The maximum atomic E-state index is 12.7. The highest BCUT2D eigenvalue weighted by molar-refractivity contribution is 7.80. The Labute approximate surface area is 178 Å². The summed E-state index contributed by atoms with van der Waals surface area (Å²) in [5.41, 5.74) is 3.86. The van der Waals surface area contributed by atoms with Gasteiger partial charge in [0.15, 0.2) is 5.11 Å². The van der Waals surface area contributed by atoms with Crippen LogP contribution < -0.4 is 10.9 Å². The zero-order chi connectivity index (χ0) is 21.0. The van der Waals surface area contributed by atoms with Crippen LogP contribution in [0.3, 0.4) is 0 Å². The van der Waals surface area contributed by atoms with Crippen molar-refractivity contribution in [3.8, 4) is 0 Å². The molecule has 3 rings (SSSR count). The van der Waals surface area contributed by atoms with Crippen molar-refractivity contribution in [2.75, 3.05) is 40.3 Å². The van der Waals surface area contributed by atoms with Crippen LogP contribution in [0.15, 0.2) is 23.0 Å². The lowest BCUT2D eigenvalue weighted by Gasteiger charge is -2.28. The van der Waals surface area contributed by atoms with Crippen LogP contribution in [-0.4, -0.2) is 66.3 Å². The number of hydrogen-bond acceptors (Lipinski definition) is 4. The van der Waals surface area contributed by atoms with Crippen LogP contribution >= 0.6 is 12.2 Å². The SMILES string of the molecule is Cc1cc(C)c2cc(CN(CCN(C)C)C(=S)NCC3CCCO3)c(=O)[nH]c2c1. The van der Waals surface area contributed by atoms with Gasteiger partial charge in [0.2, 0.25) is 0 Å². The van der Waals surface area contributed by atoms with Gasteiger partial charge in [-0.1, -0.05) is 6.07 Å². The summed E-state index contributed by atoms with van der Waals surface area (Å²) in [7, 11) is 4.07. The van der Waals surface area contributed by atoms with Gasteiger partial charge in [0, 0.05) is 42.7 Å². The van der Waals surface area contributed by atoms with Gasteiger partial charge in [-0.25, -0.2) is 0 Å². The number of nitrogens with one attached hydrogen (secondary N) is 2. The number of thiocarbonyl (C=S) groups is 1. The minimum Gasteiger partial charge on any atom is -0.376 e. The molecule has 1 aromatic heterocycles. The number of likely N-dealkylation sites (N-methyl/N-ethyl adjacent to an activating group) is 1. The van der Waals surface area contributed by atoms with Crippen molar-refractivity contribution in [2.45, 2.75) is 39.3 Å². The Morgan fingerprint density at radius 1 is 1.28 bits per heavy atom. The fourth-order valence-corrected chi connectivity index (χ4v) is 3.97. The number of fused-ring (bicyclic) bond motifs is 1. The minimum atomic E-state index is -0.0562. The number of hydrogen-bond donors (Lipinski definition) is 2. The quantitative estimate of drug-likeness (QED) is 0.677. The molecule has 0 aliphatic carbocycles. The third kappa shape index (κ3) is 5.78. The zero-order valence-electron chi connectivity index (χ0n) is 17.9. The van der Waals surface area contributed by atoms with Gasteiger partial charge in [0.25, 0.3) is 5.56 Å². The van der Waals surface area contributed by atoms with E-state index in [0.29, 0.717) is 18.2 Å². The fraction of sp³-hybridized carbons (Fsp3) is 0.545. The van der Waals surface area contributed by atoms with Crippen molar-refractivity contribution in [2.24, 2.45) is 0 Å². The Hall–Kier alpha value is -1.96. The molecular weight excluding hydrogens is 384 g/mol. The monoisotopic (exact) mass is 416 g/mol. The van der Waals surface area contributed by atoms with Crippen molar-refractivity contribution < 1.29 is 4.74 Å². The van der Waals surface area contributed by atoms with E-state index in [1.54, 1.807) is 0 Å². The van der Waals surface area contributed by atoms with Crippen LogP contribution in [-0.2, 0) is 11.3 Å². The molecule has 0 saturated carbocycles. The number of rotatable bonds is 7. The van der Waals surface area contributed by atoms with Crippen molar-refractivity contribution in [3.63, 3.8) is 0 Å². The Kier molecular flexibility index (Phi) is 7.27. The lowest BCUT2D eigenvalue weighted by molar-refractivity contribution is 0.113. The summed E-state index contributed by atoms with van der Waals surface area (Å²) in [6, 6.07) is 6.17. The molecule has 0 amide bonds. The van der Waals surface area contributed by atoms with Crippen molar-refractivity contribution >= 4 is 28.2 Å². The number of aromatic nitrogens is 1. The molecule has 1 aliphatic heterocycles. The number of benzene rings is 1. The molecule has 1 fully saturated rings. The highest BCUT2D eigenvalue weighted by Gasteiger charge is 2.18. The molecule has 2 aromatic rings. The molecule has 1 atom stereocenters. The molecule has 2 heterocycles. The van der Waals surface area contributed by atoms with Crippen molar-refractivity contribution in [1.82, 2.24) is 20.1 Å². The van der Waals surface area contributed by atoms with Crippen LogP contribution in [0.1, 0.15) is 29.5 Å². The second-order valence-corrected chi connectivity index (χ2v) is 8.60. The summed E-state index contributed by atoms with van der Waals surface area (Å²) >= 11 is 5.67. The first-order valence-corrected chi connectivity index (χ1v) is 10.7. The van der Waals surface area contributed by atoms with Gasteiger partial charge < -0.3 is 24.8 Å². The van der Waals surface area contributed by atoms with E-state index >= 15 is 0 Å². The van der Waals surface area contributed by atoms with Crippen LogP contribution in [0.4, 0.5) is 0 Å². The second-order valence-electron chi connectivity index (χ2n) is 8.21. The van der Waals surface area contributed by atoms with E-state index in [9.17, 15) is 4.79 Å². The van der Waals surface area contributed by atoms with Crippen LogP contribution in [0, 0.1) is 13.8 Å². The van der Waals surface area contributed by atoms with Crippen LogP contribution in [0.5, 0.6) is 0 Å². The number of H-pyrrole nitrogens is 1. The van der Waals surface area contributed by atoms with Gasteiger partial charge in [-0.3, -0.25) is 4.79 Å². The van der Waals surface area contributed by atoms with Gasteiger partial charge in [-0.05, 0) is 76.3 Å². The summed E-state index contributed by atoms with van der Waals surface area (Å²) in [4.78, 5) is 20.0. The maximum Gasteiger partial charge on any atom is 0.253 e. The summed E-state index contributed by atoms with van der Waals surface area (Å²) in [6.07, 6.45) is 2.39. The molecule has 6 nitrogen and oxygen atoms in total. The minimum absolute atomic E-state index is 0.0562. The first-order valence-electron chi connectivity index (χ1n) is 10.3. The Morgan fingerprint density at radius 2 is 2.07 bits per heavy atom. The van der Waals surface area contributed by atoms with Gasteiger partial charge >= 0.3 is 0 Å². The first-order chi connectivity index (χ1) is 13.8. The van der Waals surface area contributed by atoms with Crippen molar-refractivity contribution in [3.05, 3.63) is 45.2 Å². The Morgan fingerprint density at radius 3 is 2.76 bits per heavy atom. The van der Waals surface area contributed by atoms with Gasteiger partial charge in [0.05, 0.1) is 12.6 Å². The Balaban J connectivity index is 1.79. The molecule has 29 heavy (non-hydrogen) atoms. The predicted molar refractivity (Wildman–Crippen MR) is 123 cm³/mol. The largest absolute Gasteiger partial charge is 0.376 e. The van der Waals surface area contributed by atoms with Crippen molar-refractivity contribution in [1.29, 1.82) is 0 Å². The average Bonchev–Trinajstić information content (AvgIpc) is 3.17. The summed E-state index contributed by atoms with van der Waals surface area (Å²) in [5.74, 6) is 0.